The van der Waals surface area contributed by atoms with Crippen molar-refractivity contribution in [3.05, 3.63) is 164 Å². The van der Waals surface area contributed by atoms with Gasteiger partial charge in [-0.2, -0.15) is 5.01 Å². The summed E-state index contributed by atoms with van der Waals surface area (Å²) < 4.78 is 11.5. The summed E-state index contributed by atoms with van der Waals surface area (Å²) in [5, 5.41) is 24.9. The first-order valence-corrected chi connectivity index (χ1v) is 20.2. The van der Waals surface area contributed by atoms with Crippen LogP contribution in [-0.4, -0.2) is 45.8 Å². The number of nitro benzene ring substituents is 1. The number of amides is 4. The maximum absolute atomic E-state index is 15.6. The third-order valence-corrected chi connectivity index (χ3v) is 13.0. The summed E-state index contributed by atoms with van der Waals surface area (Å²) in [5.74, 6) is -6.28. The largest absolute Gasteiger partial charge is 0.508 e. The van der Waals surface area contributed by atoms with E-state index in [1.54, 1.807) is 48.5 Å². The Morgan fingerprint density at radius 3 is 2.25 bits per heavy atom. The van der Waals surface area contributed by atoms with Gasteiger partial charge in [0.2, 0.25) is 11.8 Å². The maximum atomic E-state index is 15.6. The number of anilines is 2. The number of halogens is 2. The highest BCUT2D eigenvalue weighted by atomic mass is 35.5. The van der Waals surface area contributed by atoms with Gasteiger partial charge < -0.3 is 14.6 Å². The summed E-state index contributed by atoms with van der Waals surface area (Å²) >= 11 is 12.8. The smallest absolute Gasteiger partial charge is 0.269 e. The molecule has 0 aromatic heterocycles. The van der Waals surface area contributed by atoms with Crippen LogP contribution in [-0.2, 0) is 31.2 Å². The van der Waals surface area contributed by atoms with Gasteiger partial charge in [-0.25, -0.2) is 0 Å². The fourth-order valence-corrected chi connectivity index (χ4v) is 10.2. The lowest BCUT2D eigenvalue weighted by Gasteiger charge is -2.50. The van der Waals surface area contributed by atoms with Gasteiger partial charge in [0.25, 0.3) is 17.5 Å². The van der Waals surface area contributed by atoms with Crippen LogP contribution in [0.4, 0.5) is 17.1 Å². The van der Waals surface area contributed by atoms with Gasteiger partial charge >= 0.3 is 0 Å². The van der Waals surface area contributed by atoms with E-state index in [0.29, 0.717) is 33.2 Å². The van der Waals surface area contributed by atoms with Crippen LogP contribution >= 0.6 is 23.2 Å². The number of hydrazine groups is 1. The van der Waals surface area contributed by atoms with E-state index in [-0.39, 0.29) is 47.3 Å². The zero-order valence-corrected chi connectivity index (χ0v) is 33.9. The molecule has 3 fully saturated rings. The van der Waals surface area contributed by atoms with Gasteiger partial charge in [0.1, 0.15) is 23.9 Å². The summed E-state index contributed by atoms with van der Waals surface area (Å²) in [5.41, 5.74) is 3.76. The molecule has 9 rings (SSSR count). The number of imide groups is 2. The second-order valence-electron chi connectivity index (χ2n) is 15.5. The highest BCUT2D eigenvalue weighted by Gasteiger charge is 2.70. The topological polar surface area (TPSA) is 169 Å². The molecule has 15 heteroatoms. The number of ether oxygens (including phenoxy) is 2. The molecule has 0 spiro atoms. The van der Waals surface area contributed by atoms with Crippen molar-refractivity contribution >= 4 is 63.9 Å². The monoisotopic (exact) mass is 858 g/mol. The van der Waals surface area contributed by atoms with Crippen molar-refractivity contribution in [2.45, 2.75) is 30.8 Å². The summed E-state index contributed by atoms with van der Waals surface area (Å²) in [6.07, 6.45) is 1.97. The first-order chi connectivity index (χ1) is 29.4. The Hall–Kier alpha value is -6.70. The number of phenolic OH excluding ortho intramolecular Hbond substituents is 1. The molecule has 2 saturated heterocycles. The Kier molecular flexibility index (Phi) is 10.0. The predicted molar refractivity (Wildman–Crippen MR) is 225 cm³/mol. The first kappa shape index (κ1) is 39.7. The lowest BCUT2D eigenvalue weighted by atomic mass is 9.49. The van der Waals surface area contributed by atoms with Crippen molar-refractivity contribution in [3.8, 4) is 17.2 Å². The Morgan fingerprint density at radius 2 is 1.57 bits per heavy atom. The molecule has 61 heavy (non-hydrogen) atoms. The van der Waals surface area contributed by atoms with Crippen LogP contribution in [0.1, 0.15) is 35.4 Å². The van der Waals surface area contributed by atoms with Crippen molar-refractivity contribution in [1.29, 1.82) is 0 Å². The van der Waals surface area contributed by atoms with Crippen LogP contribution < -0.4 is 19.8 Å². The third-order valence-electron chi connectivity index (χ3n) is 12.5. The van der Waals surface area contributed by atoms with Crippen LogP contribution in [0.25, 0.3) is 0 Å². The third kappa shape index (κ3) is 6.46. The number of carbonyl (C=O) groups excluding carboxylic acids is 4. The van der Waals surface area contributed by atoms with Crippen LogP contribution in [0, 0.1) is 33.8 Å². The number of methoxy groups -OCH3 is 1. The summed E-state index contributed by atoms with van der Waals surface area (Å²) in [7, 11) is 1.51. The van der Waals surface area contributed by atoms with Crippen molar-refractivity contribution in [2.24, 2.45) is 23.7 Å². The van der Waals surface area contributed by atoms with Crippen molar-refractivity contribution < 1.29 is 38.7 Å². The number of allylic oxidation sites excluding steroid dienone is 2. The lowest BCUT2D eigenvalue weighted by Crippen LogP contribution is -2.53. The number of hydrogen-bond acceptors (Lipinski definition) is 10. The number of aromatic hydroxyl groups is 1. The van der Waals surface area contributed by atoms with E-state index in [9.17, 15) is 24.8 Å². The number of hydrogen-bond donors (Lipinski definition) is 2. The number of benzene rings is 5. The molecule has 2 aliphatic carbocycles. The highest BCUT2D eigenvalue weighted by Crippen LogP contribution is 2.65. The van der Waals surface area contributed by atoms with E-state index in [1.807, 2.05) is 36.4 Å². The maximum Gasteiger partial charge on any atom is 0.269 e. The molecular weight excluding hydrogens is 823 g/mol. The number of non-ortho nitro benzene ring substituents is 1. The van der Waals surface area contributed by atoms with E-state index >= 15 is 9.59 Å². The SMILES string of the molecule is COc1ccc([C@@]23C(=O)N(Nc4ccc(Cl)cc4Cl)C(=O)[C@@H]2C[C@@H]2C(=CC[C@@H]4C(=O)N(c5ccc([N+](=O)[O-])cc5)C(=O)[C@@H]42)[C@@H]3c2ccc(OCc3ccccc3)cc2O)cc1. The molecule has 4 aliphatic rings. The Bertz CT molecular complexity index is 2660. The Labute approximate surface area is 359 Å². The molecule has 6 atom stereocenters. The van der Waals surface area contributed by atoms with Crippen LogP contribution in [0.15, 0.2) is 127 Å². The fourth-order valence-electron chi connectivity index (χ4n) is 9.76. The molecular formula is C46H36Cl2N4O9. The number of nitro groups is 1. The van der Waals surface area contributed by atoms with Crippen LogP contribution in [0.3, 0.4) is 0 Å². The normalized spacial score (nSPS) is 24.2. The van der Waals surface area contributed by atoms with Gasteiger partial charge in [0, 0.05) is 34.7 Å². The molecule has 308 valence electrons. The summed E-state index contributed by atoms with van der Waals surface area (Å²) in [4.78, 5) is 71.4. The number of rotatable bonds is 10. The zero-order chi connectivity index (χ0) is 42.7. The van der Waals surface area contributed by atoms with Crippen molar-refractivity contribution in [1.82, 2.24) is 5.01 Å². The molecule has 2 heterocycles. The second-order valence-corrected chi connectivity index (χ2v) is 16.3. The molecule has 5 aromatic carbocycles. The molecule has 2 N–H and O–H groups in total. The fraction of sp³-hybridized carbons (Fsp3) is 0.217. The quantitative estimate of drug-likeness (QED) is 0.0602. The van der Waals surface area contributed by atoms with Crippen molar-refractivity contribution in [3.63, 3.8) is 0 Å². The molecule has 0 radical (unpaired) electrons. The lowest BCUT2D eigenvalue weighted by molar-refractivity contribution is -0.384. The molecule has 1 saturated carbocycles. The Balaban J connectivity index is 1.20. The van der Waals surface area contributed by atoms with E-state index in [0.717, 1.165) is 15.5 Å². The van der Waals surface area contributed by atoms with Crippen LogP contribution in [0.2, 0.25) is 10.0 Å². The second kappa shape index (κ2) is 15.4. The average molecular weight is 860 g/mol. The highest BCUT2D eigenvalue weighted by molar-refractivity contribution is 6.36. The molecule has 5 aromatic rings. The number of nitrogens with zero attached hydrogens (tertiary/aromatic N) is 3. The van der Waals surface area contributed by atoms with E-state index in [1.165, 1.54) is 43.5 Å². The standard InChI is InChI=1S/C46H36Cl2N4O9/c1-60-30-14-7-26(8-15-30)46-36(43(55)51(45(46)57)49-38-20-9-27(47)21-37(38)48)23-35-32(41(46)33-17-16-31(22-39(33)53)61-24-25-5-3-2-4-6-25)18-19-34-40(35)44(56)50(42(34)54)28-10-12-29(13-11-28)52(58)59/h2-18,20-22,34-36,40-41,49,53H,19,23-24H2,1H3/t34-,35+,36-,40-,41+,46+/m0/s1. The zero-order valence-electron chi connectivity index (χ0n) is 32.4. The summed E-state index contributed by atoms with van der Waals surface area (Å²) in [6, 6.07) is 31.0. The number of fused-ring (bicyclic) bond motifs is 4. The molecule has 13 nitrogen and oxygen atoms in total. The van der Waals surface area contributed by atoms with Crippen molar-refractivity contribution in [2.75, 3.05) is 17.4 Å². The number of carbonyl (C=O) groups is 4. The van der Waals surface area contributed by atoms with E-state index in [2.05, 4.69) is 5.43 Å². The van der Waals surface area contributed by atoms with E-state index < -0.39 is 63.6 Å². The van der Waals surface area contributed by atoms with Gasteiger partial charge in [-0.05, 0) is 78.4 Å². The minimum atomic E-state index is -1.71. The van der Waals surface area contributed by atoms with Gasteiger partial charge in [-0.3, -0.25) is 39.6 Å². The molecule has 0 unspecified atom stereocenters. The van der Waals surface area contributed by atoms with Gasteiger partial charge in [0.15, 0.2) is 0 Å². The minimum Gasteiger partial charge on any atom is -0.508 e. The molecule has 4 amide bonds. The molecule has 2 aliphatic heterocycles. The number of phenols is 1. The first-order valence-electron chi connectivity index (χ1n) is 19.5. The minimum absolute atomic E-state index is 0.0151. The van der Waals surface area contributed by atoms with Crippen LogP contribution in [0.5, 0.6) is 17.2 Å². The van der Waals surface area contributed by atoms with E-state index in [4.69, 9.17) is 32.7 Å². The van der Waals surface area contributed by atoms with Gasteiger partial charge in [0.05, 0.1) is 51.6 Å². The van der Waals surface area contributed by atoms with Gasteiger partial charge in [-0.1, -0.05) is 83.4 Å². The van der Waals surface area contributed by atoms with Gasteiger partial charge in [-0.15, -0.1) is 0 Å². The average Bonchev–Trinajstić information content (AvgIpc) is 3.64. The predicted octanol–water partition coefficient (Wildman–Crippen LogP) is 8.38. The molecule has 0 bridgehead atoms. The number of nitrogens with one attached hydrogen (secondary N) is 1. The Morgan fingerprint density at radius 1 is 0.852 bits per heavy atom. The summed E-state index contributed by atoms with van der Waals surface area (Å²) in [6.45, 7) is 0.222.